The number of amides is 17. The van der Waals surface area contributed by atoms with Crippen molar-refractivity contribution in [1.82, 2.24) is 100 Å². The van der Waals surface area contributed by atoms with E-state index in [9.17, 15) is 87.2 Å². The van der Waals surface area contributed by atoms with Gasteiger partial charge in [-0.15, -0.1) is 0 Å². The number of aromatic amines is 1. The summed E-state index contributed by atoms with van der Waals surface area (Å²) in [6, 6.07) is -11.1. The third-order valence-electron chi connectivity index (χ3n) is 20.2. The number of imidazole rings is 1. The molecule has 3 aromatic rings. The Morgan fingerprint density at radius 3 is 0.970 bits per heavy atom. The van der Waals surface area contributed by atoms with E-state index in [2.05, 4.69) is 100 Å². The number of primary amides is 3. The molecule has 2 aromatic carbocycles. The van der Waals surface area contributed by atoms with E-state index in [4.69, 9.17) is 56.4 Å². The third-order valence-corrected chi connectivity index (χ3v) is 20.2. The number of nitrogens with one attached hydrogen (secondary N) is 21. The molecule has 0 fully saturated rings. The van der Waals surface area contributed by atoms with Crippen LogP contribution >= 0.6 is 0 Å². The molecule has 1 heterocycles. The zero-order chi connectivity index (χ0) is 100. The number of phenols is 2. The van der Waals surface area contributed by atoms with Gasteiger partial charge in [-0.05, 0) is 137 Å². The van der Waals surface area contributed by atoms with E-state index in [-0.39, 0.29) is 133 Å². The molecular weight excluding hydrogens is 1740 g/mol. The lowest BCUT2D eigenvalue weighted by molar-refractivity contribution is -0.138. The highest BCUT2D eigenvalue weighted by molar-refractivity contribution is 6.01. The van der Waals surface area contributed by atoms with Crippen LogP contribution in [-0.4, -0.2) is 260 Å². The van der Waals surface area contributed by atoms with Crippen LogP contribution < -0.4 is 131 Å². The predicted molar refractivity (Wildman–Crippen MR) is 486 cm³/mol. The number of aromatic nitrogens is 2. The summed E-state index contributed by atoms with van der Waals surface area (Å²) in [4.78, 5) is 246. The zero-order valence-corrected chi connectivity index (χ0v) is 76.7. The number of carbonyl (C=O) groups is 17. The van der Waals surface area contributed by atoms with Gasteiger partial charge in [-0.25, -0.2) is 4.98 Å². The summed E-state index contributed by atoms with van der Waals surface area (Å²) in [5, 5.41) is 97.6. The fourth-order valence-corrected chi connectivity index (χ4v) is 13.6. The lowest BCUT2D eigenvalue weighted by Crippen LogP contribution is -2.62. The molecule has 3 rings (SSSR count). The van der Waals surface area contributed by atoms with Crippen LogP contribution in [0, 0.1) is 39.9 Å². The van der Waals surface area contributed by atoms with Crippen molar-refractivity contribution in [2.24, 2.45) is 63.8 Å². The number of nitrogens with zero attached hydrogens (tertiary/aromatic N) is 1. The molecule has 1 aromatic heterocycles. The fraction of sp³-hybridized carbons (Fsp3) is 0.583. The van der Waals surface area contributed by atoms with Crippen molar-refractivity contribution in [3.8, 4) is 11.5 Å². The van der Waals surface area contributed by atoms with E-state index >= 15 is 9.59 Å². The standard InChI is InChI=1S/C84H137N29O20/c1-41(2)30-57(109-80(132)64(38-85)100-46(10)115)73(125)102-53(15-12-28-97-83(91)92)71(123)111-62(36-49-39-95-40-99-49)77(129)110-61(35-48-19-23-51(117)24-20-48)76(128)106-59(32-43(5)6)75(127)112-63(37-66(87)119)78(130)107-58(31-42(3)4)74(126)108-60(33-44(7)8)79(131)113-67(45(9)114)81(133)104-54(16-13-29-98-84(93)94)69(121)103-55(25-26-65(86)118)72(124)101-52(14-11-27-96-82(89)90)70(122)105-56(68(88)120)34-47-17-21-50(116)22-18-47/h17-24,39-45,52-64,67,114,116-117H,11-16,25-38,85H2,1-10H3,(H2,86,118)(H2,87,119)(H2,88,120)(H,95,99)(H,100,115)(H,101,124)(H,102,125)(H,103,121)(H,104,133)(H,105,122)(H,106,128)(H,107,130)(H,108,126)(H,109,132)(H,110,129)(H,111,123)(H,112,127)(H,113,131)(H4,89,90,96)(H4,91,92,97)(H4,93,94,98)/t45-,52+,53+,54+,55+,56+,57+,58+,59+,60+,61+,62+,63+,64?,67+/m1/s1. The lowest BCUT2D eigenvalue weighted by Gasteiger charge is -2.30. The molecule has 49 heteroatoms. The molecule has 738 valence electrons. The van der Waals surface area contributed by atoms with Gasteiger partial charge in [-0.2, -0.15) is 0 Å². The van der Waals surface area contributed by atoms with Gasteiger partial charge in [0.15, 0.2) is 17.9 Å². The topological polar surface area (TPSA) is 838 Å². The summed E-state index contributed by atoms with van der Waals surface area (Å²) in [7, 11) is 0. The monoisotopic (exact) mass is 1870 g/mol. The van der Waals surface area contributed by atoms with E-state index in [0.29, 0.717) is 11.1 Å². The molecule has 38 N–H and O–H groups in total. The number of aromatic hydroxyl groups is 2. The highest BCUT2D eigenvalue weighted by Gasteiger charge is 2.40. The largest absolute Gasteiger partial charge is 0.508 e. The van der Waals surface area contributed by atoms with Crippen molar-refractivity contribution < 1.29 is 96.8 Å². The SMILES string of the molecule is CC(=O)NC(CN)C(=O)N[C@@H](CC(C)C)C(=O)N[C@@H](CCCNC(=N)N)C(=O)N[C@@H](Cc1cnc[nH]1)C(=O)N[C@@H](Cc1ccc(O)cc1)C(=O)N[C@@H](CC(C)C)C(=O)N[C@@H](CC(N)=O)C(=O)N[C@@H](CC(C)C)C(=O)N[C@@H](CC(C)C)C(=O)N[C@H](C(=O)N[C@@H](CCCNC(=N)N)C(=O)N[C@@H](CCC(N)=O)C(=O)N[C@@H](CCCNC(=N)N)C(=O)N[C@@H](Cc1ccc(O)cc1)C(N)=O)[C@@H](C)O. The van der Waals surface area contributed by atoms with Gasteiger partial charge in [0.2, 0.25) is 100 Å². The fourth-order valence-electron chi connectivity index (χ4n) is 13.6. The number of benzene rings is 2. The Morgan fingerprint density at radius 2 is 0.654 bits per heavy atom. The molecule has 0 aliphatic rings. The van der Waals surface area contributed by atoms with Gasteiger partial charge < -0.3 is 151 Å². The minimum atomic E-state index is -1.95. The van der Waals surface area contributed by atoms with Crippen LogP contribution in [0.15, 0.2) is 61.1 Å². The van der Waals surface area contributed by atoms with Crippen LogP contribution in [0.25, 0.3) is 0 Å². The average molecular weight is 1870 g/mol. The molecule has 0 aliphatic carbocycles. The normalized spacial score (nSPS) is 14.5. The maximum atomic E-state index is 15.0. The number of aliphatic hydroxyl groups excluding tert-OH is 1. The molecule has 0 bridgehead atoms. The van der Waals surface area contributed by atoms with Gasteiger partial charge in [0.25, 0.3) is 0 Å². The molecule has 17 amide bonds. The molecule has 0 saturated carbocycles. The summed E-state index contributed by atoms with van der Waals surface area (Å²) < 4.78 is 0. The molecule has 0 aliphatic heterocycles. The minimum Gasteiger partial charge on any atom is -0.508 e. The highest BCUT2D eigenvalue weighted by Crippen LogP contribution is 2.19. The molecule has 133 heavy (non-hydrogen) atoms. The van der Waals surface area contributed by atoms with Crippen molar-refractivity contribution >= 4 is 118 Å². The Balaban J connectivity index is 2.03. The van der Waals surface area contributed by atoms with Crippen LogP contribution in [0.4, 0.5) is 0 Å². The third kappa shape index (κ3) is 44.4. The van der Waals surface area contributed by atoms with Crippen LogP contribution in [0.2, 0.25) is 0 Å². The van der Waals surface area contributed by atoms with Gasteiger partial charge in [0.1, 0.15) is 96.1 Å². The number of hydrogen-bond acceptors (Lipinski definition) is 25. The Labute approximate surface area is 770 Å². The number of rotatable bonds is 61. The number of carbonyl (C=O) groups excluding carboxylic acids is 17. The quantitative estimate of drug-likeness (QED) is 0.0142. The Bertz CT molecular complexity index is 4420. The number of guanidine groups is 3. The second-order valence-electron chi connectivity index (χ2n) is 34.0. The molecule has 0 spiro atoms. The number of aliphatic hydroxyl groups is 1. The van der Waals surface area contributed by atoms with E-state index in [0.717, 1.165) is 6.92 Å². The first-order valence-corrected chi connectivity index (χ1v) is 43.7. The van der Waals surface area contributed by atoms with Crippen LogP contribution in [0.5, 0.6) is 11.5 Å². The van der Waals surface area contributed by atoms with Crippen LogP contribution in [-0.2, 0) is 101 Å². The summed E-state index contributed by atoms with van der Waals surface area (Å²) >= 11 is 0. The number of phenolic OH excluding ortho intramolecular Hbond substituents is 2. The molecule has 1 unspecified atom stereocenters. The summed E-state index contributed by atoms with van der Waals surface area (Å²) in [5.41, 5.74) is 40.3. The van der Waals surface area contributed by atoms with Gasteiger partial charge in [0.05, 0.1) is 18.9 Å². The molecule has 0 saturated heterocycles. The van der Waals surface area contributed by atoms with Gasteiger partial charge in [-0.1, -0.05) is 79.7 Å². The minimum absolute atomic E-state index is 0.0117. The average Bonchev–Trinajstić information content (AvgIpc) is 1.35. The Kier molecular flexibility index (Phi) is 49.3. The molecule has 15 atom stereocenters. The summed E-state index contributed by atoms with van der Waals surface area (Å²) in [5.74, 6) is -20.1. The predicted octanol–water partition coefficient (Wildman–Crippen LogP) is -7.40. The van der Waals surface area contributed by atoms with Gasteiger partial charge >= 0.3 is 0 Å². The molecule has 0 radical (unpaired) electrons. The van der Waals surface area contributed by atoms with Crippen molar-refractivity contribution in [3.63, 3.8) is 0 Å². The summed E-state index contributed by atoms with van der Waals surface area (Å²) in [6.07, 6.45) is -3.03. The second kappa shape index (κ2) is 57.9. The molecular formula is C84H137N29O20. The van der Waals surface area contributed by atoms with Crippen LogP contribution in [0.3, 0.4) is 0 Å². The first kappa shape index (κ1) is 113. The maximum absolute atomic E-state index is 15.0. The van der Waals surface area contributed by atoms with Crippen molar-refractivity contribution in [1.29, 1.82) is 16.2 Å². The first-order valence-electron chi connectivity index (χ1n) is 43.7. The van der Waals surface area contributed by atoms with Crippen LogP contribution in [0.1, 0.15) is 170 Å². The van der Waals surface area contributed by atoms with Crippen molar-refractivity contribution in [3.05, 3.63) is 77.9 Å². The van der Waals surface area contributed by atoms with Gasteiger partial charge in [0, 0.05) is 70.7 Å². The number of hydrogen-bond donors (Lipinski definition) is 31. The highest BCUT2D eigenvalue weighted by atomic mass is 16.3. The first-order chi connectivity index (χ1) is 62.4. The van der Waals surface area contributed by atoms with E-state index in [1.54, 1.807) is 55.4 Å². The lowest BCUT2D eigenvalue weighted by atomic mass is 9.98. The summed E-state index contributed by atoms with van der Waals surface area (Å²) in [6.45, 7) is 15.5. The van der Waals surface area contributed by atoms with E-state index in [1.165, 1.54) is 68.0 Å². The van der Waals surface area contributed by atoms with Gasteiger partial charge in [-0.3, -0.25) is 97.7 Å². The number of H-pyrrole nitrogens is 1. The Morgan fingerprint density at radius 1 is 0.361 bits per heavy atom. The zero-order valence-electron chi connectivity index (χ0n) is 76.7. The maximum Gasteiger partial charge on any atom is 0.245 e. The van der Waals surface area contributed by atoms with Crippen molar-refractivity contribution in [2.45, 2.75) is 263 Å². The number of nitrogens with two attached hydrogens (primary N) is 7. The smallest absolute Gasteiger partial charge is 0.245 e. The van der Waals surface area contributed by atoms with E-state index in [1.807, 2.05) is 0 Å². The molecule has 49 nitrogen and oxygen atoms in total. The Hall–Kier alpha value is -14.0. The van der Waals surface area contributed by atoms with Crippen molar-refractivity contribution in [2.75, 3.05) is 26.2 Å². The van der Waals surface area contributed by atoms with E-state index < -0.39 is 246 Å². The second-order valence-corrected chi connectivity index (χ2v) is 34.0.